The number of rotatable bonds is 10. The summed E-state index contributed by atoms with van der Waals surface area (Å²) in [6.45, 7) is 6.25. The Balaban J connectivity index is 2.06. The van der Waals surface area contributed by atoms with E-state index >= 15 is 0 Å². The Labute approximate surface area is 187 Å². The first-order valence-electron chi connectivity index (χ1n) is 9.90. The molecule has 1 atom stereocenters. The van der Waals surface area contributed by atoms with Crippen molar-refractivity contribution in [2.24, 2.45) is 5.92 Å². The lowest BCUT2D eigenvalue weighted by atomic mass is 10.1. The second-order valence-corrected chi connectivity index (χ2v) is 8.97. The highest BCUT2D eigenvalue weighted by molar-refractivity contribution is 7.99. The van der Waals surface area contributed by atoms with E-state index in [9.17, 15) is 14.0 Å². The Hall–Kier alpha value is -2.05. The molecule has 0 spiro atoms. The Kier molecular flexibility index (Phi) is 9.66. The Morgan fingerprint density at radius 2 is 1.77 bits per heavy atom. The van der Waals surface area contributed by atoms with E-state index in [1.165, 1.54) is 22.7 Å². The number of hydrogen-bond acceptors (Lipinski definition) is 3. The van der Waals surface area contributed by atoms with Crippen molar-refractivity contribution in [1.82, 2.24) is 10.2 Å². The SMILES string of the molecule is CC(C)CNC(=O)[C@H](C)N(Cc1ccccc1F)C(=O)CSCc1ccc(Cl)cc1. The van der Waals surface area contributed by atoms with Gasteiger partial charge in [0.2, 0.25) is 11.8 Å². The smallest absolute Gasteiger partial charge is 0.242 e. The van der Waals surface area contributed by atoms with Gasteiger partial charge in [-0.1, -0.05) is 55.8 Å². The molecule has 2 rings (SSSR count). The molecule has 0 aromatic heterocycles. The van der Waals surface area contributed by atoms with Crippen LogP contribution in [0.3, 0.4) is 0 Å². The summed E-state index contributed by atoms with van der Waals surface area (Å²) in [4.78, 5) is 27.0. The highest BCUT2D eigenvalue weighted by Crippen LogP contribution is 2.18. The van der Waals surface area contributed by atoms with Crippen LogP contribution in [0.1, 0.15) is 31.9 Å². The average molecular weight is 451 g/mol. The van der Waals surface area contributed by atoms with Crippen molar-refractivity contribution in [2.45, 2.75) is 39.1 Å². The number of nitrogens with zero attached hydrogens (tertiary/aromatic N) is 1. The van der Waals surface area contributed by atoms with Gasteiger partial charge in [-0.15, -0.1) is 11.8 Å². The molecule has 2 amide bonds. The normalized spacial score (nSPS) is 11.9. The van der Waals surface area contributed by atoms with Crippen LogP contribution in [0.25, 0.3) is 0 Å². The summed E-state index contributed by atoms with van der Waals surface area (Å²) in [5, 5.41) is 3.52. The van der Waals surface area contributed by atoms with Gasteiger partial charge in [0, 0.05) is 29.4 Å². The fourth-order valence-electron chi connectivity index (χ4n) is 2.76. The minimum Gasteiger partial charge on any atom is -0.354 e. The van der Waals surface area contributed by atoms with Gasteiger partial charge in [0.25, 0.3) is 0 Å². The zero-order chi connectivity index (χ0) is 22.1. The zero-order valence-corrected chi connectivity index (χ0v) is 19.1. The first kappa shape index (κ1) is 24.2. The molecular weight excluding hydrogens is 423 g/mol. The lowest BCUT2D eigenvalue weighted by Gasteiger charge is -2.29. The van der Waals surface area contributed by atoms with E-state index in [2.05, 4.69) is 5.32 Å². The molecule has 2 aromatic rings. The largest absolute Gasteiger partial charge is 0.354 e. The number of hydrogen-bond donors (Lipinski definition) is 1. The van der Waals surface area contributed by atoms with Crippen LogP contribution in [0.2, 0.25) is 5.02 Å². The molecule has 0 aliphatic carbocycles. The summed E-state index contributed by atoms with van der Waals surface area (Å²) in [7, 11) is 0. The van der Waals surface area contributed by atoms with E-state index in [-0.39, 0.29) is 29.9 Å². The fourth-order valence-corrected chi connectivity index (χ4v) is 3.76. The minimum absolute atomic E-state index is 0.0449. The van der Waals surface area contributed by atoms with E-state index in [1.807, 2.05) is 38.1 Å². The quantitative estimate of drug-likeness (QED) is 0.560. The highest BCUT2D eigenvalue weighted by Gasteiger charge is 2.26. The molecule has 2 aromatic carbocycles. The molecular formula is C23H28ClFN2O2S. The molecule has 4 nitrogen and oxygen atoms in total. The number of amides is 2. The van der Waals surface area contributed by atoms with Crippen LogP contribution < -0.4 is 5.32 Å². The van der Waals surface area contributed by atoms with Crippen molar-refractivity contribution >= 4 is 35.2 Å². The van der Waals surface area contributed by atoms with Crippen LogP contribution in [-0.4, -0.2) is 35.1 Å². The van der Waals surface area contributed by atoms with Crippen molar-refractivity contribution in [3.8, 4) is 0 Å². The number of carbonyl (C=O) groups excluding carboxylic acids is 2. The predicted octanol–water partition coefficient (Wildman–Crippen LogP) is 4.90. The molecule has 0 radical (unpaired) electrons. The zero-order valence-electron chi connectivity index (χ0n) is 17.5. The van der Waals surface area contributed by atoms with Gasteiger partial charge < -0.3 is 10.2 Å². The maximum absolute atomic E-state index is 14.2. The topological polar surface area (TPSA) is 49.4 Å². The standard InChI is InChI=1S/C23H28ClFN2O2S/c1-16(2)12-26-23(29)17(3)27(13-19-6-4-5-7-21(19)25)22(28)15-30-14-18-8-10-20(24)11-9-18/h4-11,16-17H,12-15H2,1-3H3,(H,26,29)/t17-/m0/s1. The second kappa shape index (κ2) is 12.0. The number of thioether (sulfide) groups is 1. The Morgan fingerprint density at radius 1 is 1.10 bits per heavy atom. The van der Waals surface area contributed by atoms with E-state index in [4.69, 9.17) is 11.6 Å². The van der Waals surface area contributed by atoms with Gasteiger partial charge in [-0.3, -0.25) is 9.59 Å². The monoisotopic (exact) mass is 450 g/mol. The van der Waals surface area contributed by atoms with Crippen LogP contribution in [0.4, 0.5) is 4.39 Å². The number of halogens is 2. The molecule has 0 bridgehead atoms. The van der Waals surface area contributed by atoms with E-state index in [1.54, 1.807) is 25.1 Å². The average Bonchev–Trinajstić information content (AvgIpc) is 2.72. The molecule has 0 heterocycles. The Bertz CT molecular complexity index is 845. The number of carbonyl (C=O) groups is 2. The van der Waals surface area contributed by atoms with Gasteiger partial charge in [0.15, 0.2) is 0 Å². The van der Waals surface area contributed by atoms with Crippen LogP contribution in [0, 0.1) is 11.7 Å². The van der Waals surface area contributed by atoms with E-state index in [0.717, 1.165) is 5.56 Å². The molecule has 30 heavy (non-hydrogen) atoms. The Morgan fingerprint density at radius 3 is 2.40 bits per heavy atom. The van der Waals surface area contributed by atoms with Gasteiger partial charge in [-0.2, -0.15) is 0 Å². The summed E-state index contributed by atoms with van der Waals surface area (Å²) in [5.41, 5.74) is 1.44. The van der Waals surface area contributed by atoms with Crippen molar-refractivity contribution in [3.05, 3.63) is 70.5 Å². The van der Waals surface area contributed by atoms with Crippen molar-refractivity contribution in [2.75, 3.05) is 12.3 Å². The van der Waals surface area contributed by atoms with Crippen LogP contribution in [0.15, 0.2) is 48.5 Å². The van der Waals surface area contributed by atoms with E-state index < -0.39 is 6.04 Å². The lowest BCUT2D eigenvalue weighted by molar-refractivity contribution is -0.138. The first-order chi connectivity index (χ1) is 14.3. The molecule has 0 saturated heterocycles. The summed E-state index contributed by atoms with van der Waals surface area (Å²) < 4.78 is 14.2. The second-order valence-electron chi connectivity index (χ2n) is 7.55. The maximum atomic E-state index is 14.2. The van der Waals surface area contributed by atoms with Crippen LogP contribution in [0.5, 0.6) is 0 Å². The third-order valence-electron chi connectivity index (χ3n) is 4.56. The van der Waals surface area contributed by atoms with Gasteiger partial charge in [-0.25, -0.2) is 4.39 Å². The summed E-state index contributed by atoms with van der Waals surface area (Å²) >= 11 is 7.35. The molecule has 0 saturated carbocycles. The first-order valence-corrected chi connectivity index (χ1v) is 11.4. The van der Waals surface area contributed by atoms with Crippen LogP contribution >= 0.6 is 23.4 Å². The summed E-state index contributed by atoms with van der Waals surface area (Å²) in [6.07, 6.45) is 0. The third kappa shape index (κ3) is 7.65. The molecule has 1 N–H and O–H groups in total. The molecule has 0 fully saturated rings. The highest BCUT2D eigenvalue weighted by atomic mass is 35.5. The van der Waals surface area contributed by atoms with Crippen molar-refractivity contribution in [3.63, 3.8) is 0 Å². The van der Waals surface area contributed by atoms with E-state index in [0.29, 0.717) is 28.8 Å². The lowest BCUT2D eigenvalue weighted by Crippen LogP contribution is -2.48. The minimum atomic E-state index is -0.702. The molecule has 7 heteroatoms. The van der Waals surface area contributed by atoms with Crippen molar-refractivity contribution < 1.29 is 14.0 Å². The van der Waals surface area contributed by atoms with Crippen LogP contribution in [-0.2, 0) is 21.9 Å². The molecule has 0 unspecified atom stereocenters. The number of benzene rings is 2. The number of nitrogens with one attached hydrogen (secondary N) is 1. The van der Waals surface area contributed by atoms with Crippen molar-refractivity contribution in [1.29, 1.82) is 0 Å². The summed E-state index contributed by atoms with van der Waals surface area (Å²) in [6, 6.07) is 13.1. The maximum Gasteiger partial charge on any atom is 0.242 e. The molecule has 0 aliphatic heterocycles. The fraction of sp³-hybridized carbons (Fsp3) is 0.391. The van der Waals surface area contributed by atoms with Gasteiger partial charge in [-0.05, 0) is 36.6 Å². The molecule has 162 valence electrons. The van der Waals surface area contributed by atoms with Gasteiger partial charge >= 0.3 is 0 Å². The third-order valence-corrected chi connectivity index (χ3v) is 5.80. The molecule has 0 aliphatic rings. The van der Waals surface area contributed by atoms with Gasteiger partial charge in [0.05, 0.1) is 5.75 Å². The van der Waals surface area contributed by atoms with Gasteiger partial charge in [0.1, 0.15) is 11.9 Å². The summed E-state index contributed by atoms with van der Waals surface area (Å²) in [5.74, 6) is 0.301. The predicted molar refractivity (Wildman–Crippen MR) is 122 cm³/mol.